The van der Waals surface area contributed by atoms with Crippen LogP contribution in [0.3, 0.4) is 0 Å². The van der Waals surface area contributed by atoms with Gasteiger partial charge in [-0.1, -0.05) is 52.2 Å². The van der Waals surface area contributed by atoms with Gasteiger partial charge in [0.1, 0.15) is 4.21 Å². The van der Waals surface area contributed by atoms with Crippen LogP contribution in [0, 0.1) is 0 Å². The highest BCUT2D eigenvalue weighted by molar-refractivity contribution is 7.92. The Balaban J connectivity index is 2.33. The van der Waals surface area contributed by atoms with E-state index in [9.17, 15) is 8.42 Å². The van der Waals surface area contributed by atoms with Gasteiger partial charge < -0.3 is 4.57 Å². The molecule has 0 fully saturated rings. The predicted octanol–water partition coefficient (Wildman–Crippen LogP) is 5.20. The zero-order valence-electron chi connectivity index (χ0n) is 11.9. The molecule has 0 aliphatic rings. The van der Waals surface area contributed by atoms with Crippen molar-refractivity contribution in [3.05, 3.63) is 56.1 Å². The maximum Gasteiger partial charge on any atom is 0.294 e. The molecule has 126 valence electrons. The van der Waals surface area contributed by atoms with Crippen LogP contribution in [0.15, 0.2) is 45.5 Å². The van der Waals surface area contributed by atoms with Crippen LogP contribution < -0.4 is 4.80 Å². The monoisotopic (exact) mass is 438 g/mol. The van der Waals surface area contributed by atoms with E-state index in [0.29, 0.717) is 31.1 Å². The second-order valence-electron chi connectivity index (χ2n) is 4.62. The third kappa shape index (κ3) is 3.29. The first-order chi connectivity index (χ1) is 11.3. The van der Waals surface area contributed by atoms with E-state index < -0.39 is 10.0 Å². The van der Waals surface area contributed by atoms with Crippen LogP contribution in [0.4, 0.5) is 0 Å². The number of nitrogens with zero attached hydrogens (tertiary/aromatic N) is 2. The Bertz CT molecular complexity index is 1110. The third-order valence-electron chi connectivity index (χ3n) is 3.04. The number of fused-ring (bicyclic) bond motifs is 1. The summed E-state index contributed by atoms with van der Waals surface area (Å²) in [5.41, 5.74) is 0.632. The number of thiophene rings is 1. The molecule has 0 N–H and O–H groups in total. The molecule has 3 aromatic rings. The normalized spacial score (nSPS) is 12.9. The van der Waals surface area contributed by atoms with Gasteiger partial charge in [-0.2, -0.15) is 8.42 Å². The van der Waals surface area contributed by atoms with Crippen LogP contribution in [0.5, 0.6) is 0 Å². The van der Waals surface area contributed by atoms with Crippen LogP contribution in [-0.2, 0) is 16.6 Å². The van der Waals surface area contributed by atoms with Crippen molar-refractivity contribution in [1.29, 1.82) is 0 Å². The highest BCUT2D eigenvalue weighted by Gasteiger charge is 2.18. The Hall–Kier alpha value is -0.830. The van der Waals surface area contributed by atoms with Gasteiger partial charge in [0.25, 0.3) is 10.0 Å². The standard InChI is InChI=1S/C14H9Cl3N2O2S3/c1-2-7-19-12-8(15)3-4-9(16)13(12)23-14(19)18-24(20,21)11-6-5-10(17)22-11/h2-6H,1,7H2/b18-14-. The maximum atomic E-state index is 12.5. The number of sulfonamides is 1. The summed E-state index contributed by atoms with van der Waals surface area (Å²) in [5, 5.41) is 0.945. The highest BCUT2D eigenvalue weighted by Crippen LogP contribution is 2.32. The number of halogens is 3. The SMILES string of the molecule is C=CCn1/c(=N/S(=O)(=O)c2ccc(Cl)s2)sc2c(Cl)ccc(Cl)c21. The van der Waals surface area contributed by atoms with Crippen LogP contribution in [0.1, 0.15) is 0 Å². The largest absolute Gasteiger partial charge is 0.311 e. The van der Waals surface area contributed by atoms with Crippen molar-refractivity contribution in [2.24, 2.45) is 4.40 Å². The Morgan fingerprint density at radius 1 is 1.12 bits per heavy atom. The smallest absolute Gasteiger partial charge is 0.294 e. The van der Waals surface area contributed by atoms with E-state index in [1.54, 1.807) is 22.8 Å². The fourth-order valence-corrected chi connectivity index (χ4v) is 6.38. The first-order valence-corrected chi connectivity index (χ1v) is 10.7. The van der Waals surface area contributed by atoms with Crippen LogP contribution in [-0.4, -0.2) is 13.0 Å². The zero-order chi connectivity index (χ0) is 17.5. The lowest BCUT2D eigenvalue weighted by Gasteiger charge is -2.03. The van der Waals surface area contributed by atoms with E-state index in [2.05, 4.69) is 11.0 Å². The molecule has 0 saturated heterocycles. The van der Waals surface area contributed by atoms with E-state index >= 15 is 0 Å². The summed E-state index contributed by atoms with van der Waals surface area (Å²) in [6, 6.07) is 6.27. The fraction of sp³-hybridized carbons (Fsp3) is 0.0714. The molecule has 0 aliphatic carbocycles. The molecule has 0 amide bonds. The van der Waals surface area contributed by atoms with E-state index in [-0.39, 0.29) is 9.01 Å². The number of thiazole rings is 1. The molecule has 0 radical (unpaired) electrons. The lowest BCUT2D eigenvalue weighted by atomic mass is 10.3. The van der Waals surface area contributed by atoms with Gasteiger partial charge >= 0.3 is 0 Å². The molecule has 2 aromatic heterocycles. The molecule has 0 bridgehead atoms. The van der Waals surface area contributed by atoms with Crippen molar-refractivity contribution >= 4 is 77.7 Å². The molecule has 4 nitrogen and oxygen atoms in total. The molecular formula is C14H9Cl3N2O2S3. The molecule has 10 heteroatoms. The summed E-state index contributed by atoms with van der Waals surface area (Å²) in [4.78, 5) is 0.268. The average molecular weight is 440 g/mol. The van der Waals surface area contributed by atoms with Crippen molar-refractivity contribution in [2.45, 2.75) is 10.8 Å². The van der Waals surface area contributed by atoms with Crippen molar-refractivity contribution in [3.8, 4) is 0 Å². The minimum absolute atomic E-state index is 0.0762. The summed E-state index contributed by atoms with van der Waals surface area (Å²) in [5.74, 6) is 0. The van der Waals surface area contributed by atoms with Crippen molar-refractivity contribution < 1.29 is 8.42 Å². The van der Waals surface area contributed by atoms with E-state index in [1.165, 1.54) is 12.1 Å². The van der Waals surface area contributed by atoms with Gasteiger partial charge in [0, 0.05) is 6.54 Å². The van der Waals surface area contributed by atoms with Gasteiger partial charge in [0.15, 0.2) is 0 Å². The molecular weight excluding hydrogens is 431 g/mol. The maximum absolute atomic E-state index is 12.5. The highest BCUT2D eigenvalue weighted by atomic mass is 35.5. The van der Waals surface area contributed by atoms with Gasteiger partial charge in [-0.3, -0.25) is 0 Å². The summed E-state index contributed by atoms with van der Waals surface area (Å²) in [6.07, 6.45) is 1.64. The van der Waals surface area contributed by atoms with Gasteiger partial charge in [-0.25, -0.2) is 0 Å². The Morgan fingerprint density at radius 3 is 2.46 bits per heavy atom. The molecule has 1 aromatic carbocycles. The summed E-state index contributed by atoms with van der Waals surface area (Å²) in [7, 11) is -3.88. The van der Waals surface area contributed by atoms with Crippen molar-refractivity contribution in [2.75, 3.05) is 0 Å². The molecule has 0 aliphatic heterocycles. The topological polar surface area (TPSA) is 51.4 Å². The molecule has 0 saturated carbocycles. The van der Waals surface area contributed by atoms with Crippen molar-refractivity contribution in [3.63, 3.8) is 0 Å². The Kier molecular flexibility index (Phi) is 5.11. The van der Waals surface area contributed by atoms with Crippen LogP contribution in [0.2, 0.25) is 14.4 Å². The summed E-state index contributed by atoms with van der Waals surface area (Å²) < 4.78 is 31.8. The molecule has 0 atom stereocenters. The number of benzene rings is 1. The third-order valence-corrected chi connectivity index (χ3v) is 7.97. The summed E-state index contributed by atoms with van der Waals surface area (Å²) >= 11 is 20.4. The minimum atomic E-state index is -3.88. The average Bonchev–Trinajstić information content (AvgIpc) is 3.09. The van der Waals surface area contributed by atoms with Gasteiger partial charge in [-0.15, -0.1) is 22.3 Å². The molecule has 0 unspecified atom stereocenters. The predicted molar refractivity (Wildman–Crippen MR) is 102 cm³/mol. The second kappa shape index (κ2) is 6.82. The number of hydrogen-bond acceptors (Lipinski definition) is 4. The molecule has 3 rings (SSSR count). The van der Waals surface area contributed by atoms with Gasteiger partial charge in [0.05, 0.1) is 24.6 Å². The Labute approximate surface area is 161 Å². The Morgan fingerprint density at radius 2 is 1.83 bits per heavy atom. The van der Waals surface area contributed by atoms with Crippen LogP contribution in [0.25, 0.3) is 10.2 Å². The van der Waals surface area contributed by atoms with E-state index in [0.717, 1.165) is 22.7 Å². The molecule has 0 spiro atoms. The van der Waals surface area contributed by atoms with E-state index in [4.69, 9.17) is 34.8 Å². The minimum Gasteiger partial charge on any atom is -0.311 e. The summed E-state index contributed by atoms with van der Waals surface area (Å²) in [6.45, 7) is 4.04. The van der Waals surface area contributed by atoms with Gasteiger partial charge in [-0.05, 0) is 24.3 Å². The quantitative estimate of drug-likeness (QED) is 0.525. The first-order valence-electron chi connectivity index (χ1n) is 6.48. The number of allylic oxidation sites excluding steroid dienone is 1. The second-order valence-corrected chi connectivity index (χ2v) is 9.95. The lowest BCUT2D eigenvalue weighted by molar-refractivity contribution is 0.598. The number of hydrogen-bond donors (Lipinski definition) is 0. The number of aromatic nitrogens is 1. The van der Waals surface area contributed by atoms with Gasteiger partial charge in [0.2, 0.25) is 4.80 Å². The molecule has 2 heterocycles. The lowest BCUT2D eigenvalue weighted by Crippen LogP contribution is -2.16. The number of rotatable bonds is 4. The van der Waals surface area contributed by atoms with Crippen molar-refractivity contribution in [1.82, 2.24) is 4.57 Å². The van der Waals surface area contributed by atoms with Crippen LogP contribution >= 0.6 is 57.5 Å². The van der Waals surface area contributed by atoms with E-state index in [1.807, 2.05) is 0 Å². The zero-order valence-corrected chi connectivity index (χ0v) is 16.6. The molecule has 24 heavy (non-hydrogen) atoms. The fourth-order valence-electron chi connectivity index (χ4n) is 2.06. The first kappa shape index (κ1) is 18.0.